The predicted molar refractivity (Wildman–Crippen MR) is 86.5 cm³/mol. The Balaban J connectivity index is 1.55. The highest BCUT2D eigenvalue weighted by Gasteiger charge is 2.22. The molecule has 3 heterocycles. The number of hydrogen-bond donors (Lipinski definition) is 1. The lowest BCUT2D eigenvalue weighted by Gasteiger charge is -2.32. The Bertz CT molecular complexity index is 762. The Labute approximate surface area is 133 Å². The van der Waals surface area contributed by atoms with Gasteiger partial charge in [-0.2, -0.15) is 0 Å². The summed E-state index contributed by atoms with van der Waals surface area (Å²) in [7, 11) is 2.02. The maximum absolute atomic E-state index is 12.1. The number of nitrogens with zero attached hydrogens (tertiary/aromatic N) is 4. The second kappa shape index (κ2) is 5.46. The minimum absolute atomic E-state index is 0.0398. The molecule has 0 aromatic carbocycles. The van der Waals surface area contributed by atoms with E-state index in [4.69, 9.17) is 0 Å². The zero-order valence-corrected chi connectivity index (χ0v) is 13.4. The summed E-state index contributed by atoms with van der Waals surface area (Å²) in [4.78, 5) is 26.4. The fraction of sp³-hybridized carbons (Fsp3) is 0.533. The predicted octanol–water partition coefficient (Wildman–Crippen LogP) is 1.49. The van der Waals surface area contributed by atoms with E-state index < -0.39 is 0 Å². The Morgan fingerprint density at radius 3 is 2.95 bits per heavy atom. The summed E-state index contributed by atoms with van der Waals surface area (Å²) in [6, 6.07) is 0. The van der Waals surface area contributed by atoms with E-state index in [9.17, 15) is 4.79 Å². The summed E-state index contributed by atoms with van der Waals surface area (Å²) in [5.41, 5.74) is 3.09. The van der Waals surface area contributed by atoms with Crippen molar-refractivity contribution in [3.8, 4) is 0 Å². The van der Waals surface area contributed by atoms with E-state index in [-0.39, 0.29) is 5.56 Å². The van der Waals surface area contributed by atoms with Crippen molar-refractivity contribution < 1.29 is 0 Å². The molecule has 1 N–H and O–H groups in total. The van der Waals surface area contributed by atoms with Gasteiger partial charge in [-0.3, -0.25) is 4.79 Å². The van der Waals surface area contributed by atoms with Crippen molar-refractivity contribution in [3.05, 3.63) is 33.6 Å². The van der Waals surface area contributed by atoms with Gasteiger partial charge < -0.3 is 14.5 Å². The first kappa shape index (κ1) is 13.9. The van der Waals surface area contributed by atoms with Crippen LogP contribution in [0.5, 0.6) is 0 Å². The van der Waals surface area contributed by atoms with Crippen molar-refractivity contribution in [3.63, 3.8) is 0 Å². The summed E-state index contributed by atoms with van der Waals surface area (Å²) in [6.07, 6.45) is 5.94. The number of hydrogen-bond acceptors (Lipinski definition) is 5. The Hall–Kier alpha value is -1.76. The van der Waals surface area contributed by atoms with E-state index in [1.807, 2.05) is 13.4 Å². The minimum atomic E-state index is 0.0398. The third-order valence-corrected chi connectivity index (χ3v) is 5.34. The number of nitrogens with one attached hydrogen (secondary N) is 1. The molecule has 116 valence electrons. The highest BCUT2D eigenvalue weighted by atomic mass is 32.2. The van der Waals surface area contributed by atoms with Crippen LogP contribution in [0.2, 0.25) is 0 Å². The lowest BCUT2D eigenvalue weighted by molar-refractivity contribution is 0.608. The minimum Gasteiger partial charge on any atom is -0.355 e. The van der Waals surface area contributed by atoms with Crippen molar-refractivity contribution in [2.45, 2.75) is 36.6 Å². The number of fused-ring (bicyclic) bond motifs is 1. The zero-order valence-electron chi connectivity index (χ0n) is 12.6. The third kappa shape index (κ3) is 2.33. The maximum Gasteiger partial charge on any atom is 0.254 e. The number of H-pyrrole nitrogens is 1. The van der Waals surface area contributed by atoms with Gasteiger partial charge in [0.15, 0.2) is 11.0 Å². The van der Waals surface area contributed by atoms with Crippen molar-refractivity contribution in [1.82, 2.24) is 19.5 Å². The quantitative estimate of drug-likeness (QED) is 0.684. The molecule has 22 heavy (non-hydrogen) atoms. The molecule has 0 unspecified atom stereocenters. The van der Waals surface area contributed by atoms with Crippen molar-refractivity contribution >= 4 is 17.6 Å². The third-order valence-electron chi connectivity index (χ3n) is 4.46. The number of rotatable bonds is 4. The van der Waals surface area contributed by atoms with Crippen LogP contribution in [-0.2, 0) is 25.6 Å². The maximum atomic E-state index is 12.1. The second-order valence-corrected chi connectivity index (χ2v) is 6.87. The first-order chi connectivity index (χ1) is 10.7. The molecule has 6 nitrogen and oxygen atoms in total. The summed E-state index contributed by atoms with van der Waals surface area (Å²) in [5, 5.41) is 0.724. The van der Waals surface area contributed by atoms with E-state index in [0.717, 1.165) is 60.3 Å². The van der Waals surface area contributed by atoms with Crippen LogP contribution in [0.15, 0.2) is 16.3 Å². The molecule has 1 fully saturated rings. The highest BCUT2D eigenvalue weighted by Crippen LogP contribution is 2.28. The molecule has 0 atom stereocenters. The van der Waals surface area contributed by atoms with E-state index in [1.54, 1.807) is 11.8 Å². The number of imidazole rings is 1. The molecule has 2 aliphatic rings. The summed E-state index contributed by atoms with van der Waals surface area (Å²) in [5.74, 6) is 1.84. The van der Waals surface area contributed by atoms with Crippen LogP contribution in [0.1, 0.15) is 29.8 Å². The number of anilines is 1. The number of thioether (sulfide) groups is 1. The zero-order chi connectivity index (χ0) is 15.1. The van der Waals surface area contributed by atoms with Gasteiger partial charge in [-0.1, -0.05) is 11.8 Å². The number of aromatic nitrogens is 4. The molecule has 4 rings (SSSR count). The van der Waals surface area contributed by atoms with Gasteiger partial charge in [-0.15, -0.1) is 0 Å². The standard InChI is InChI=1S/C15H19N5OS/c1-19-9-16-13(20-6-3-7-20)12(19)8-22-15-17-11-5-2-4-10(11)14(21)18-15/h9H,2-8H2,1H3,(H,17,18,21). The number of aromatic amines is 1. The van der Waals surface area contributed by atoms with E-state index >= 15 is 0 Å². The number of aryl methyl sites for hydroxylation is 2. The highest BCUT2D eigenvalue weighted by molar-refractivity contribution is 7.98. The monoisotopic (exact) mass is 317 g/mol. The summed E-state index contributed by atoms with van der Waals surface area (Å²) in [6.45, 7) is 2.17. The Kier molecular flexibility index (Phi) is 3.44. The molecule has 1 aliphatic heterocycles. The molecular weight excluding hydrogens is 298 g/mol. The molecule has 2 aromatic heterocycles. The van der Waals surface area contributed by atoms with Gasteiger partial charge in [-0.05, 0) is 25.7 Å². The molecule has 0 radical (unpaired) electrons. The molecule has 0 saturated carbocycles. The average Bonchev–Trinajstić information content (AvgIpc) is 3.03. The van der Waals surface area contributed by atoms with Crippen LogP contribution >= 0.6 is 11.8 Å². The fourth-order valence-corrected chi connectivity index (χ4v) is 3.97. The van der Waals surface area contributed by atoms with E-state index in [1.165, 1.54) is 12.1 Å². The summed E-state index contributed by atoms with van der Waals surface area (Å²) >= 11 is 1.58. The van der Waals surface area contributed by atoms with Crippen LogP contribution in [0.3, 0.4) is 0 Å². The van der Waals surface area contributed by atoms with Crippen molar-refractivity contribution in [1.29, 1.82) is 0 Å². The molecular formula is C15H19N5OS. The molecule has 0 bridgehead atoms. The van der Waals surface area contributed by atoms with Gasteiger partial charge in [-0.25, -0.2) is 9.97 Å². The molecule has 1 saturated heterocycles. The first-order valence-corrected chi connectivity index (χ1v) is 8.71. The van der Waals surface area contributed by atoms with Crippen LogP contribution in [0.4, 0.5) is 5.82 Å². The molecule has 7 heteroatoms. The molecule has 0 amide bonds. The molecule has 1 aliphatic carbocycles. The van der Waals surface area contributed by atoms with Crippen LogP contribution in [0.25, 0.3) is 0 Å². The Morgan fingerprint density at radius 2 is 2.18 bits per heavy atom. The first-order valence-electron chi connectivity index (χ1n) is 7.72. The lowest BCUT2D eigenvalue weighted by atomic mass is 10.2. The fourth-order valence-electron chi connectivity index (χ4n) is 3.03. The molecule has 2 aromatic rings. The van der Waals surface area contributed by atoms with Gasteiger partial charge in [0.25, 0.3) is 5.56 Å². The van der Waals surface area contributed by atoms with Crippen molar-refractivity contribution in [2.24, 2.45) is 7.05 Å². The summed E-state index contributed by atoms with van der Waals surface area (Å²) < 4.78 is 2.06. The van der Waals surface area contributed by atoms with Gasteiger partial charge in [0.2, 0.25) is 0 Å². The van der Waals surface area contributed by atoms with Gasteiger partial charge in [0.1, 0.15) is 0 Å². The Morgan fingerprint density at radius 1 is 1.32 bits per heavy atom. The largest absolute Gasteiger partial charge is 0.355 e. The topological polar surface area (TPSA) is 66.8 Å². The average molecular weight is 317 g/mol. The van der Waals surface area contributed by atoms with Crippen LogP contribution < -0.4 is 10.5 Å². The van der Waals surface area contributed by atoms with Crippen LogP contribution in [-0.4, -0.2) is 32.6 Å². The normalized spacial score (nSPS) is 16.7. The van der Waals surface area contributed by atoms with Crippen LogP contribution in [0, 0.1) is 0 Å². The van der Waals surface area contributed by atoms with Gasteiger partial charge in [0, 0.05) is 31.5 Å². The van der Waals surface area contributed by atoms with E-state index in [0.29, 0.717) is 0 Å². The molecule has 0 spiro atoms. The lowest BCUT2D eigenvalue weighted by Crippen LogP contribution is -2.37. The SMILES string of the molecule is Cn1cnc(N2CCC2)c1CSc1nc2c(c(=O)[nH]1)CCC2. The van der Waals surface area contributed by atoms with Gasteiger partial charge >= 0.3 is 0 Å². The van der Waals surface area contributed by atoms with Crippen molar-refractivity contribution in [2.75, 3.05) is 18.0 Å². The van der Waals surface area contributed by atoms with Gasteiger partial charge in [0.05, 0.1) is 17.7 Å². The smallest absolute Gasteiger partial charge is 0.254 e. The second-order valence-electron chi connectivity index (χ2n) is 5.90. The van der Waals surface area contributed by atoms with E-state index in [2.05, 4.69) is 24.4 Å².